The Kier molecular flexibility index (Phi) is 5.20. The molecule has 3 aromatic rings. The van der Waals surface area contributed by atoms with Gasteiger partial charge in [0.05, 0.1) is 19.9 Å². The Hall–Kier alpha value is -2.26. The lowest BCUT2D eigenvalue weighted by molar-refractivity contribution is -0.127. The van der Waals surface area contributed by atoms with Crippen LogP contribution in [0.5, 0.6) is 0 Å². The first kappa shape index (κ1) is 19.1. The normalized spacial score (nSPS) is 16.5. The zero-order valence-corrected chi connectivity index (χ0v) is 17.0. The van der Waals surface area contributed by atoms with Gasteiger partial charge in [-0.3, -0.25) is 9.59 Å². The van der Waals surface area contributed by atoms with Gasteiger partial charge in [-0.25, -0.2) is 8.78 Å². The lowest BCUT2D eigenvalue weighted by Gasteiger charge is -2.10. The smallest absolute Gasteiger partial charge is 0.242 e. The summed E-state index contributed by atoms with van der Waals surface area (Å²) in [4.78, 5) is 27.8. The van der Waals surface area contributed by atoms with E-state index in [1.165, 1.54) is 17.4 Å². The Morgan fingerprint density at radius 3 is 2.82 bits per heavy atom. The molecule has 1 aliphatic rings. The minimum Gasteiger partial charge on any atom is -0.354 e. The molecule has 2 aromatic heterocycles. The van der Waals surface area contributed by atoms with Crippen LogP contribution < -0.4 is 10.6 Å². The molecular formula is C19H16BrF2N3O2S. The number of aromatic nitrogens is 1. The second-order valence-electron chi connectivity index (χ2n) is 6.59. The largest absolute Gasteiger partial charge is 0.354 e. The lowest BCUT2D eigenvalue weighted by Crippen LogP contribution is -2.40. The molecule has 9 heteroatoms. The van der Waals surface area contributed by atoms with Crippen molar-refractivity contribution in [1.29, 1.82) is 0 Å². The fraction of sp³-hybridized carbons (Fsp3) is 0.263. The number of fused-ring (bicyclic) bond motifs is 1. The van der Waals surface area contributed by atoms with Crippen LogP contribution in [0.1, 0.15) is 18.4 Å². The first-order chi connectivity index (χ1) is 13.4. The van der Waals surface area contributed by atoms with Crippen LogP contribution in [0.15, 0.2) is 28.1 Å². The number of halogens is 3. The predicted molar refractivity (Wildman–Crippen MR) is 107 cm³/mol. The third-order valence-electron chi connectivity index (χ3n) is 4.74. The van der Waals surface area contributed by atoms with Crippen LogP contribution in [0.3, 0.4) is 0 Å². The van der Waals surface area contributed by atoms with Gasteiger partial charge in [-0.2, -0.15) is 0 Å². The number of thiophene rings is 1. The van der Waals surface area contributed by atoms with Gasteiger partial charge in [-0.1, -0.05) is 0 Å². The molecule has 3 heterocycles. The molecule has 2 amide bonds. The van der Waals surface area contributed by atoms with Gasteiger partial charge in [0.25, 0.3) is 0 Å². The van der Waals surface area contributed by atoms with Gasteiger partial charge in [0.2, 0.25) is 11.8 Å². The summed E-state index contributed by atoms with van der Waals surface area (Å²) in [5.74, 6) is -1.80. The van der Waals surface area contributed by atoms with Crippen molar-refractivity contribution in [2.75, 3.05) is 6.54 Å². The molecule has 0 unspecified atom stereocenters. The Balaban J connectivity index is 1.64. The second-order valence-corrected chi connectivity index (χ2v) is 9.06. The van der Waals surface area contributed by atoms with Crippen molar-refractivity contribution in [3.63, 3.8) is 0 Å². The Morgan fingerprint density at radius 2 is 2.14 bits per heavy atom. The van der Waals surface area contributed by atoms with Crippen LogP contribution in [0.25, 0.3) is 21.5 Å². The summed E-state index contributed by atoms with van der Waals surface area (Å²) in [5, 5.41) is 5.80. The first-order valence-electron chi connectivity index (χ1n) is 8.75. The standard InChI is InChI=1S/C19H16BrF2N3O2S/c20-15-3-2-14(28-15)18-10(11-7-9(21)8-12(22)17(11)25-18)1-4-16(26)24-13-5-6-23-19(13)27/h2-3,7-8,13,25H,1,4-6H2,(H,23,27)(H,24,26)/t13-/m0/s1. The summed E-state index contributed by atoms with van der Waals surface area (Å²) in [6.45, 7) is 0.544. The topological polar surface area (TPSA) is 74.0 Å². The molecule has 1 aromatic carbocycles. The Labute approximate surface area is 171 Å². The molecule has 0 saturated carbocycles. The zero-order valence-electron chi connectivity index (χ0n) is 14.6. The highest BCUT2D eigenvalue weighted by Gasteiger charge is 2.26. The molecule has 1 atom stereocenters. The van der Waals surface area contributed by atoms with E-state index in [1.807, 2.05) is 12.1 Å². The minimum absolute atomic E-state index is 0.106. The molecule has 4 rings (SSSR count). The summed E-state index contributed by atoms with van der Waals surface area (Å²) in [6, 6.07) is 5.34. The molecule has 28 heavy (non-hydrogen) atoms. The molecule has 0 spiro atoms. The minimum atomic E-state index is -0.676. The fourth-order valence-corrected chi connectivity index (χ4v) is 4.84. The first-order valence-corrected chi connectivity index (χ1v) is 10.4. The van der Waals surface area contributed by atoms with Crippen LogP contribution in [0.2, 0.25) is 0 Å². The van der Waals surface area contributed by atoms with E-state index >= 15 is 0 Å². The summed E-state index contributed by atoms with van der Waals surface area (Å²) in [5.41, 5.74) is 1.56. The third-order valence-corrected chi connectivity index (χ3v) is 6.38. The molecule has 1 saturated heterocycles. The highest BCUT2D eigenvalue weighted by molar-refractivity contribution is 9.11. The van der Waals surface area contributed by atoms with Gasteiger partial charge in [-0.05, 0) is 52.5 Å². The Bertz CT molecular complexity index is 1080. The number of aromatic amines is 1. The van der Waals surface area contributed by atoms with E-state index in [0.717, 1.165) is 14.7 Å². The number of rotatable bonds is 5. The van der Waals surface area contributed by atoms with E-state index in [-0.39, 0.29) is 30.2 Å². The SMILES string of the molecule is O=C(CCc1c(-c2ccc(Br)s2)[nH]c2c(F)cc(F)cc12)N[C@H]1CCNC1=O. The third kappa shape index (κ3) is 3.68. The van der Waals surface area contributed by atoms with Gasteiger partial charge in [0.15, 0.2) is 0 Å². The van der Waals surface area contributed by atoms with Crippen LogP contribution in [-0.4, -0.2) is 29.4 Å². The maximum atomic E-state index is 14.3. The van der Waals surface area contributed by atoms with Crippen molar-refractivity contribution in [2.45, 2.75) is 25.3 Å². The molecule has 146 valence electrons. The molecule has 0 radical (unpaired) electrons. The number of carbonyl (C=O) groups is 2. The number of hydrogen-bond acceptors (Lipinski definition) is 3. The average molecular weight is 468 g/mol. The lowest BCUT2D eigenvalue weighted by atomic mass is 10.0. The van der Waals surface area contributed by atoms with Crippen molar-refractivity contribution in [3.05, 3.63) is 45.2 Å². The number of aryl methyl sites for hydroxylation is 1. The van der Waals surface area contributed by atoms with Crippen LogP contribution in [0, 0.1) is 11.6 Å². The summed E-state index contributed by atoms with van der Waals surface area (Å²) in [7, 11) is 0. The fourth-order valence-electron chi connectivity index (χ4n) is 3.43. The molecule has 1 fully saturated rings. The quantitative estimate of drug-likeness (QED) is 0.532. The number of carbonyl (C=O) groups excluding carboxylic acids is 2. The Morgan fingerprint density at radius 1 is 1.32 bits per heavy atom. The molecule has 0 bridgehead atoms. The number of hydrogen-bond donors (Lipinski definition) is 3. The van der Waals surface area contributed by atoms with Crippen molar-refractivity contribution >= 4 is 50.0 Å². The maximum Gasteiger partial charge on any atom is 0.242 e. The maximum absolute atomic E-state index is 14.3. The van der Waals surface area contributed by atoms with E-state index in [4.69, 9.17) is 0 Å². The van der Waals surface area contributed by atoms with Crippen molar-refractivity contribution < 1.29 is 18.4 Å². The van der Waals surface area contributed by atoms with E-state index in [9.17, 15) is 18.4 Å². The van der Waals surface area contributed by atoms with E-state index < -0.39 is 17.7 Å². The second kappa shape index (κ2) is 7.63. The monoisotopic (exact) mass is 467 g/mol. The van der Waals surface area contributed by atoms with Crippen LogP contribution >= 0.6 is 27.3 Å². The number of H-pyrrole nitrogens is 1. The average Bonchev–Trinajstić information content (AvgIpc) is 3.33. The summed E-state index contributed by atoms with van der Waals surface area (Å²) >= 11 is 4.87. The predicted octanol–water partition coefficient (Wildman–Crippen LogP) is 3.87. The summed E-state index contributed by atoms with van der Waals surface area (Å²) in [6.07, 6.45) is 0.949. The number of benzene rings is 1. The molecular weight excluding hydrogens is 452 g/mol. The number of amides is 2. The molecule has 1 aliphatic heterocycles. The van der Waals surface area contributed by atoms with Gasteiger partial charge in [0.1, 0.15) is 17.7 Å². The van der Waals surface area contributed by atoms with Crippen molar-refractivity contribution in [2.24, 2.45) is 0 Å². The van der Waals surface area contributed by atoms with Gasteiger partial charge in [-0.15, -0.1) is 11.3 Å². The van der Waals surface area contributed by atoms with Gasteiger partial charge < -0.3 is 15.6 Å². The molecule has 3 N–H and O–H groups in total. The zero-order chi connectivity index (χ0) is 19.8. The van der Waals surface area contributed by atoms with Crippen LogP contribution in [0.4, 0.5) is 8.78 Å². The van der Waals surface area contributed by atoms with Gasteiger partial charge in [0, 0.05) is 24.4 Å². The molecule has 0 aliphatic carbocycles. The number of nitrogens with one attached hydrogen (secondary N) is 3. The van der Waals surface area contributed by atoms with E-state index in [2.05, 4.69) is 31.5 Å². The highest BCUT2D eigenvalue weighted by Crippen LogP contribution is 2.37. The van der Waals surface area contributed by atoms with E-state index in [0.29, 0.717) is 29.6 Å². The van der Waals surface area contributed by atoms with Crippen molar-refractivity contribution in [1.82, 2.24) is 15.6 Å². The van der Waals surface area contributed by atoms with Crippen LogP contribution in [-0.2, 0) is 16.0 Å². The molecule has 5 nitrogen and oxygen atoms in total. The summed E-state index contributed by atoms with van der Waals surface area (Å²) < 4.78 is 29.0. The van der Waals surface area contributed by atoms with E-state index in [1.54, 1.807) is 0 Å². The highest BCUT2D eigenvalue weighted by atomic mass is 79.9. The van der Waals surface area contributed by atoms with Crippen molar-refractivity contribution in [3.8, 4) is 10.6 Å². The van der Waals surface area contributed by atoms with Gasteiger partial charge >= 0.3 is 0 Å².